The summed E-state index contributed by atoms with van der Waals surface area (Å²) in [5, 5.41) is 11.0. The smallest absolute Gasteiger partial charge is 0.102 e. The van der Waals surface area contributed by atoms with Crippen molar-refractivity contribution in [1.82, 2.24) is 15.5 Å². The number of H-pyrrole nitrogens is 1. The first-order chi connectivity index (χ1) is 8.33. The molecule has 1 aliphatic heterocycles. The minimum absolute atomic E-state index is 0.640. The van der Waals surface area contributed by atoms with Crippen molar-refractivity contribution in [3.63, 3.8) is 0 Å². The van der Waals surface area contributed by atoms with Crippen LogP contribution in [-0.4, -0.2) is 23.3 Å². The van der Waals surface area contributed by atoms with Gasteiger partial charge in [-0.15, -0.1) is 11.3 Å². The molecule has 0 aliphatic carbocycles. The summed E-state index contributed by atoms with van der Waals surface area (Å²) in [7, 11) is 0. The fourth-order valence-electron chi connectivity index (χ4n) is 2.26. The molecule has 1 saturated heterocycles. The molecule has 0 saturated carbocycles. The highest BCUT2D eigenvalue weighted by Crippen LogP contribution is 2.32. The van der Waals surface area contributed by atoms with Gasteiger partial charge in [0.05, 0.1) is 8.66 Å². The average Bonchev–Trinajstić information content (AvgIpc) is 2.98. The first-order valence-corrected chi connectivity index (χ1v) is 7.45. The van der Waals surface area contributed by atoms with Crippen LogP contribution in [0.25, 0.3) is 10.6 Å². The Balaban J connectivity index is 1.82. The maximum Gasteiger partial charge on any atom is 0.102 e. The molecule has 3 heterocycles. The summed E-state index contributed by atoms with van der Waals surface area (Å²) in [6.07, 6.45) is 2.41. The molecule has 2 N–H and O–H groups in total. The Bertz CT molecular complexity index is 499. The molecule has 2 aromatic rings. The number of halogens is 1. The summed E-state index contributed by atoms with van der Waals surface area (Å²) < 4.78 is 1.15. The maximum atomic E-state index is 4.42. The second-order valence-electron chi connectivity index (χ2n) is 4.34. The van der Waals surface area contributed by atoms with Gasteiger partial charge in [0.1, 0.15) is 5.69 Å². The lowest BCUT2D eigenvalue weighted by molar-refractivity contribution is 0.453. The Morgan fingerprint density at radius 3 is 2.82 bits per heavy atom. The predicted octanol–water partition coefficient (Wildman–Crippen LogP) is 3.37. The Morgan fingerprint density at radius 1 is 1.29 bits per heavy atom. The molecular formula is C12H14BrN3S. The molecule has 0 spiro atoms. The summed E-state index contributed by atoms with van der Waals surface area (Å²) in [4.78, 5) is 1.22. The van der Waals surface area contributed by atoms with Crippen molar-refractivity contribution in [1.29, 1.82) is 0 Å². The second-order valence-corrected chi connectivity index (χ2v) is 6.80. The van der Waals surface area contributed by atoms with Gasteiger partial charge >= 0.3 is 0 Å². The average molecular weight is 312 g/mol. The zero-order chi connectivity index (χ0) is 11.7. The van der Waals surface area contributed by atoms with Gasteiger partial charge in [-0.1, -0.05) is 0 Å². The number of hydrogen-bond donors (Lipinski definition) is 2. The van der Waals surface area contributed by atoms with Crippen LogP contribution in [0.15, 0.2) is 22.0 Å². The SMILES string of the molecule is Brc1ccc(-c2cc(C3CCNCC3)[nH]n2)s1. The second kappa shape index (κ2) is 4.92. The molecule has 0 unspecified atom stereocenters. The number of thiophene rings is 1. The quantitative estimate of drug-likeness (QED) is 0.892. The highest BCUT2D eigenvalue weighted by atomic mass is 79.9. The van der Waals surface area contributed by atoms with E-state index >= 15 is 0 Å². The van der Waals surface area contributed by atoms with Crippen molar-refractivity contribution < 1.29 is 0 Å². The van der Waals surface area contributed by atoms with E-state index in [1.165, 1.54) is 23.4 Å². The van der Waals surface area contributed by atoms with Crippen LogP contribution in [0.5, 0.6) is 0 Å². The number of nitrogens with zero attached hydrogens (tertiary/aromatic N) is 1. The van der Waals surface area contributed by atoms with E-state index in [2.05, 4.69) is 49.6 Å². The standard InChI is InChI=1S/C12H14BrN3S/c13-12-2-1-11(17-12)10-7-9(15-16-10)8-3-5-14-6-4-8/h1-2,7-8,14H,3-6H2,(H,15,16). The fraction of sp³-hybridized carbons (Fsp3) is 0.417. The van der Waals surface area contributed by atoms with Crippen molar-refractivity contribution >= 4 is 27.3 Å². The molecule has 0 bridgehead atoms. The van der Waals surface area contributed by atoms with Gasteiger partial charge in [-0.2, -0.15) is 5.10 Å². The zero-order valence-corrected chi connectivity index (χ0v) is 11.8. The molecule has 90 valence electrons. The number of rotatable bonds is 2. The molecule has 1 fully saturated rings. The Kier molecular flexibility index (Phi) is 3.31. The van der Waals surface area contributed by atoms with E-state index in [4.69, 9.17) is 0 Å². The largest absolute Gasteiger partial charge is 0.317 e. The van der Waals surface area contributed by atoms with Gasteiger partial charge in [0.25, 0.3) is 0 Å². The van der Waals surface area contributed by atoms with E-state index in [1.807, 2.05) is 0 Å². The van der Waals surface area contributed by atoms with Crippen LogP contribution in [0.3, 0.4) is 0 Å². The van der Waals surface area contributed by atoms with Gasteiger partial charge in [0, 0.05) is 11.6 Å². The molecule has 0 radical (unpaired) electrons. The van der Waals surface area contributed by atoms with Crippen LogP contribution < -0.4 is 5.32 Å². The molecule has 2 aromatic heterocycles. The van der Waals surface area contributed by atoms with Crippen molar-refractivity contribution in [3.05, 3.63) is 27.7 Å². The van der Waals surface area contributed by atoms with Crippen molar-refractivity contribution in [2.45, 2.75) is 18.8 Å². The molecule has 17 heavy (non-hydrogen) atoms. The van der Waals surface area contributed by atoms with Crippen LogP contribution in [0.1, 0.15) is 24.5 Å². The number of aromatic amines is 1. The summed E-state index contributed by atoms with van der Waals surface area (Å²) in [5.41, 5.74) is 2.35. The van der Waals surface area contributed by atoms with E-state index in [1.54, 1.807) is 11.3 Å². The van der Waals surface area contributed by atoms with Crippen molar-refractivity contribution in [2.24, 2.45) is 0 Å². The number of piperidine rings is 1. The van der Waals surface area contributed by atoms with Gasteiger partial charge in [-0.05, 0) is 60.1 Å². The minimum atomic E-state index is 0.640. The van der Waals surface area contributed by atoms with Gasteiger partial charge < -0.3 is 5.32 Å². The van der Waals surface area contributed by atoms with E-state index in [0.29, 0.717) is 5.92 Å². The Labute approximate surface area is 113 Å². The molecular weight excluding hydrogens is 298 g/mol. The number of hydrogen-bond acceptors (Lipinski definition) is 3. The Morgan fingerprint density at radius 2 is 2.12 bits per heavy atom. The van der Waals surface area contributed by atoms with Gasteiger partial charge in [-0.25, -0.2) is 0 Å². The van der Waals surface area contributed by atoms with E-state index < -0.39 is 0 Å². The summed E-state index contributed by atoms with van der Waals surface area (Å²) >= 11 is 5.21. The van der Waals surface area contributed by atoms with E-state index in [9.17, 15) is 0 Å². The maximum absolute atomic E-state index is 4.42. The number of nitrogens with one attached hydrogen (secondary N) is 2. The molecule has 1 aliphatic rings. The Hall–Kier alpha value is -0.650. The fourth-order valence-corrected chi connectivity index (χ4v) is 3.60. The molecule has 3 rings (SSSR count). The van der Waals surface area contributed by atoms with Crippen molar-refractivity contribution in [3.8, 4) is 10.6 Å². The minimum Gasteiger partial charge on any atom is -0.317 e. The molecule has 0 amide bonds. The topological polar surface area (TPSA) is 40.7 Å². The van der Waals surface area contributed by atoms with E-state index in [0.717, 1.165) is 22.6 Å². The first-order valence-electron chi connectivity index (χ1n) is 5.84. The van der Waals surface area contributed by atoms with Crippen LogP contribution in [0.2, 0.25) is 0 Å². The van der Waals surface area contributed by atoms with Gasteiger partial charge in [-0.3, -0.25) is 5.10 Å². The zero-order valence-electron chi connectivity index (χ0n) is 9.37. The van der Waals surface area contributed by atoms with Crippen LogP contribution in [0, 0.1) is 0 Å². The molecule has 5 heteroatoms. The molecule has 0 aromatic carbocycles. The van der Waals surface area contributed by atoms with Crippen LogP contribution in [-0.2, 0) is 0 Å². The van der Waals surface area contributed by atoms with Crippen LogP contribution in [0.4, 0.5) is 0 Å². The first kappa shape index (κ1) is 11.4. The van der Waals surface area contributed by atoms with E-state index in [-0.39, 0.29) is 0 Å². The summed E-state index contributed by atoms with van der Waals surface area (Å²) in [6.45, 7) is 2.23. The lowest BCUT2D eigenvalue weighted by Gasteiger charge is -2.20. The predicted molar refractivity (Wildman–Crippen MR) is 74.4 cm³/mol. The third-order valence-electron chi connectivity index (χ3n) is 3.20. The summed E-state index contributed by atoms with van der Waals surface area (Å²) in [6, 6.07) is 6.38. The summed E-state index contributed by atoms with van der Waals surface area (Å²) in [5.74, 6) is 0.640. The lowest BCUT2D eigenvalue weighted by atomic mass is 9.94. The van der Waals surface area contributed by atoms with Gasteiger partial charge in [0.15, 0.2) is 0 Å². The third kappa shape index (κ3) is 2.46. The van der Waals surface area contributed by atoms with Gasteiger partial charge in [0.2, 0.25) is 0 Å². The molecule has 3 nitrogen and oxygen atoms in total. The van der Waals surface area contributed by atoms with Crippen LogP contribution >= 0.6 is 27.3 Å². The third-order valence-corrected chi connectivity index (χ3v) is 4.85. The highest BCUT2D eigenvalue weighted by Gasteiger charge is 2.18. The highest BCUT2D eigenvalue weighted by molar-refractivity contribution is 9.11. The number of aromatic nitrogens is 2. The monoisotopic (exact) mass is 311 g/mol. The molecule has 0 atom stereocenters. The normalized spacial score (nSPS) is 17.5. The lowest BCUT2D eigenvalue weighted by Crippen LogP contribution is -2.26. The van der Waals surface area contributed by atoms with Crippen molar-refractivity contribution in [2.75, 3.05) is 13.1 Å².